The zero-order valence-electron chi connectivity index (χ0n) is 8.80. The summed E-state index contributed by atoms with van der Waals surface area (Å²) in [7, 11) is 0. The molecule has 0 saturated carbocycles. The minimum absolute atomic E-state index is 0.0207. The summed E-state index contributed by atoms with van der Waals surface area (Å²) >= 11 is 0. The number of nitrogens with one attached hydrogen (secondary N) is 1. The molecule has 1 aromatic carbocycles. The molecule has 0 unspecified atom stereocenters. The molecule has 0 radical (unpaired) electrons. The highest BCUT2D eigenvalue weighted by Gasteiger charge is 2.13. The maximum Gasteiger partial charge on any atom is 0.130 e. The fourth-order valence-corrected chi connectivity index (χ4v) is 1.42. The monoisotopic (exact) mass is 215 g/mol. The molecule has 2 atom stereocenters. The van der Waals surface area contributed by atoms with E-state index in [9.17, 15) is 8.78 Å². The number of aliphatic hydroxyl groups is 1. The SMILES string of the molecule is C[C@H](N[C@@H](C)CO)c1ccc(F)cc1F. The number of hydrogen-bond acceptors (Lipinski definition) is 2. The summed E-state index contributed by atoms with van der Waals surface area (Å²) in [5.41, 5.74) is 0.400. The lowest BCUT2D eigenvalue weighted by Gasteiger charge is -2.19. The average molecular weight is 215 g/mol. The van der Waals surface area contributed by atoms with E-state index in [-0.39, 0.29) is 18.7 Å². The van der Waals surface area contributed by atoms with Crippen molar-refractivity contribution in [2.24, 2.45) is 0 Å². The van der Waals surface area contributed by atoms with Gasteiger partial charge in [-0.05, 0) is 19.9 Å². The van der Waals surface area contributed by atoms with Crippen LogP contribution in [0.15, 0.2) is 18.2 Å². The Morgan fingerprint density at radius 1 is 1.33 bits per heavy atom. The molecule has 1 rings (SSSR count). The Balaban J connectivity index is 2.77. The summed E-state index contributed by atoms with van der Waals surface area (Å²) in [6.45, 7) is 3.54. The minimum Gasteiger partial charge on any atom is -0.395 e. The largest absolute Gasteiger partial charge is 0.395 e. The lowest BCUT2D eigenvalue weighted by molar-refractivity contribution is 0.242. The smallest absolute Gasteiger partial charge is 0.130 e. The van der Waals surface area contributed by atoms with Gasteiger partial charge in [0.1, 0.15) is 11.6 Å². The molecule has 0 amide bonds. The average Bonchev–Trinajstić information content (AvgIpc) is 2.17. The second kappa shape index (κ2) is 5.19. The topological polar surface area (TPSA) is 32.3 Å². The van der Waals surface area contributed by atoms with Crippen LogP contribution in [0.5, 0.6) is 0 Å². The molecule has 0 bridgehead atoms. The van der Waals surface area contributed by atoms with Crippen LogP contribution in [0, 0.1) is 11.6 Å². The van der Waals surface area contributed by atoms with Gasteiger partial charge >= 0.3 is 0 Å². The Bertz CT molecular complexity index is 330. The van der Waals surface area contributed by atoms with Gasteiger partial charge in [0.2, 0.25) is 0 Å². The van der Waals surface area contributed by atoms with E-state index < -0.39 is 11.6 Å². The van der Waals surface area contributed by atoms with E-state index in [1.807, 2.05) is 0 Å². The van der Waals surface area contributed by atoms with Crippen molar-refractivity contribution in [3.63, 3.8) is 0 Å². The third-order valence-corrected chi connectivity index (χ3v) is 2.24. The van der Waals surface area contributed by atoms with Gasteiger partial charge in [-0.25, -0.2) is 8.78 Å². The van der Waals surface area contributed by atoms with Gasteiger partial charge in [-0.3, -0.25) is 0 Å². The van der Waals surface area contributed by atoms with Crippen LogP contribution >= 0.6 is 0 Å². The zero-order valence-corrected chi connectivity index (χ0v) is 8.80. The second-order valence-electron chi connectivity index (χ2n) is 3.64. The van der Waals surface area contributed by atoms with Crippen LogP contribution in [-0.2, 0) is 0 Å². The maximum absolute atomic E-state index is 13.3. The molecule has 4 heteroatoms. The number of hydrogen-bond donors (Lipinski definition) is 2. The van der Waals surface area contributed by atoms with Gasteiger partial charge < -0.3 is 10.4 Å². The molecule has 0 aromatic heterocycles. The molecule has 0 spiro atoms. The number of rotatable bonds is 4. The standard InChI is InChI=1S/C11H15F2NO/c1-7(6-15)14-8(2)10-4-3-9(12)5-11(10)13/h3-5,7-8,14-15H,6H2,1-2H3/t7-,8-/m0/s1. The van der Waals surface area contributed by atoms with Crippen LogP contribution in [0.25, 0.3) is 0 Å². The highest BCUT2D eigenvalue weighted by Crippen LogP contribution is 2.17. The van der Waals surface area contributed by atoms with Crippen molar-refractivity contribution in [1.82, 2.24) is 5.32 Å². The predicted octanol–water partition coefficient (Wildman–Crippen LogP) is 2.00. The quantitative estimate of drug-likeness (QED) is 0.805. The Morgan fingerprint density at radius 2 is 2.00 bits per heavy atom. The van der Waals surface area contributed by atoms with E-state index in [1.165, 1.54) is 12.1 Å². The van der Waals surface area contributed by atoms with Crippen molar-refractivity contribution in [3.8, 4) is 0 Å². The molecule has 2 N–H and O–H groups in total. The van der Waals surface area contributed by atoms with Crippen molar-refractivity contribution in [2.75, 3.05) is 6.61 Å². The summed E-state index contributed by atoms with van der Waals surface area (Å²) < 4.78 is 26.0. The first-order chi connectivity index (χ1) is 7.04. The first kappa shape index (κ1) is 12.1. The Labute approximate surface area is 87.9 Å². The van der Waals surface area contributed by atoms with Gasteiger partial charge in [-0.15, -0.1) is 0 Å². The molecule has 0 aliphatic heterocycles. The summed E-state index contributed by atoms with van der Waals surface area (Å²) in [5.74, 6) is -1.15. The Kier molecular flexibility index (Phi) is 4.17. The maximum atomic E-state index is 13.3. The fourth-order valence-electron chi connectivity index (χ4n) is 1.42. The van der Waals surface area contributed by atoms with Crippen LogP contribution in [0.4, 0.5) is 8.78 Å². The van der Waals surface area contributed by atoms with Crippen LogP contribution in [0.1, 0.15) is 25.5 Å². The molecule has 1 aromatic rings. The molecular formula is C11H15F2NO. The molecule has 0 saturated heterocycles. The molecule has 0 aliphatic rings. The van der Waals surface area contributed by atoms with Crippen molar-refractivity contribution in [3.05, 3.63) is 35.4 Å². The lowest BCUT2D eigenvalue weighted by Crippen LogP contribution is -2.32. The molecular weight excluding hydrogens is 200 g/mol. The number of benzene rings is 1. The van der Waals surface area contributed by atoms with Gasteiger partial charge in [0.15, 0.2) is 0 Å². The van der Waals surface area contributed by atoms with Crippen LogP contribution < -0.4 is 5.32 Å². The van der Waals surface area contributed by atoms with Gasteiger partial charge in [0, 0.05) is 23.7 Å². The third-order valence-electron chi connectivity index (χ3n) is 2.24. The summed E-state index contributed by atoms with van der Waals surface area (Å²) in [4.78, 5) is 0. The first-order valence-corrected chi connectivity index (χ1v) is 4.86. The summed E-state index contributed by atoms with van der Waals surface area (Å²) in [6.07, 6.45) is 0. The normalized spacial score (nSPS) is 15.0. The summed E-state index contributed by atoms with van der Waals surface area (Å²) in [6, 6.07) is 3.11. The third kappa shape index (κ3) is 3.25. The van der Waals surface area contributed by atoms with E-state index in [4.69, 9.17) is 5.11 Å². The van der Waals surface area contributed by atoms with Gasteiger partial charge in [0.05, 0.1) is 6.61 Å². The number of aliphatic hydroxyl groups excluding tert-OH is 1. The van der Waals surface area contributed by atoms with Crippen LogP contribution in [0.2, 0.25) is 0 Å². The molecule has 84 valence electrons. The van der Waals surface area contributed by atoms with Crippen LogP contribution in [0.3, 0.4) is 0 Å². The minimum atomic E-state index is -0.585. The van der Waals surface area contributed by atoms with E-state index in [0.29, 0.717) is 5.56 Å². The van der Waals surface area contributed by atoms with Gasteiger partial charge in [0.25, 0.3) is 0 Å². The van der Waals surface area contributed by atoms with E-state index in [2.05, 4.69) is 5.32 Å². The molecule has 15 heavy (non-hydrogen) atoms. The fraction of sp³-hybridized carbons (Fsp3) is 0.455. The van der Waals surface area contributed by atoms with E-state index in [0.717, 1.165) is 6.07 Å². The first-order valence-electron chi connectivity index (χ1n) is 4.86. The molecule has 0 aliphatic carbocycles. The van der Waals surface area contributed by atoms with Crippen molar-refractivity contribution >= 4 is 0 Å². The highest BCUT2D eigenvalue weighted by atomic mass is 19.1. The number of halogens is 2. The summed E-state index contributed by atoms with van der Waals surface area (Å²) in [5, 5.41) is 11.8. The van der Waals surface area contributed by atoms with Crippen molar-refractivity contribution in [1.29, 1.82) is 0 Å². The van der Waals surface area contributed by atoms with Gasteiger partial charge in [-0.2, -0.15) is 0 Å². The van der Waals surface area contributed by atoms with E-state index in [1.54, 1.807) is 13.8 Å². The Hall–Kier alpha value is -1.00. The molecule has 2 nitrogen and oxygen atoms in total. The lowest BCUT2D eigenvalue weighted by atomic mass is 10.1. The van der Waals surface area contributed by atoms with E-state index >= 15 is 0 Å². The highest BCUT2D eigenvalue weighted by molar-refractivity contribution is 5.21. The molecule has 0 heterocycles. The second-order valence-corrected chi connectivity index (χ2v) is 3.64. The van der Waals surface area contributed by atoms with Crippen molar-refractivity contribution in [2.45, 2.75) is 25.9 Å². The Morgan fingerprint density at radius 3 is 2.53 bits per heavy atom. The zero-order chi connectivity index (χ0) is 11.4. The molecule has 0 fully saturated rings. The predicted molar refractivity (Wildman–Crippen MR) is 54.5 cm³/mol. The van der Waals surface area contributed by atoms with Crippen LogP contribution in [-0.4, -0.2) is 17.8 Å². The van der Waals surface area contributed by atoms with Gasteiger partial charge in [-0.1, -0.05) is 6.07 Å². The van der Waals surface area contributed by atoms with Crippen molar-refractivity contribution < 1.29 is 13.9 Å².